The smallest absolute Gasteiger partial charge is 0.307 e. The molecule has 0 bridgehead atoms. The number of non-ortho nitro benzene ring substituents is 1. The maximum Gasteiger partial charge on any atom is 0.307 e. The molecule has 0 saturated carbocycles. The van der Waals surface area contributed by atoms with Gasteiger partial charge in [0.15, 0.2) is 0 Å². The second kappa shape index (κ2) is 8.43. The summed E-state index contributed by atoms with van der Waals surface area (Å²) in [6, 6.07) is 9.76. The molecule has 0 aliphatic carbocycles. The van der Waals surface area contributed by atoms with E-state index in [0.29, 0.717) is 42.5 Å². The fraction of sp³-hybridized carbons (Fsp3) is 0.389. The average Bonchev–Trinajstić information content (AvgIpc) is 3.02. The Kier molecular flexibility index (Phi) is 6.30. The van der Waals surface area contributed by atoms with E-state index in [1.807, 2.05) is 13.8 Å². The first-order chi connectivity index (χ1) is 11.9. The maximum atomic E-state index is 11.2. The maximum absolute atomic E-state index is 11.2. The van der Waals surface area contributed by atoms with Crippen molar-refractivity contribution < 1.29 is 19.2 Å². The summed E-state index contributed by atoms with van der Waals surface area (Å²) in [5.74, 6) is 0.253. The molecule has 0 aliphatic rings. The molecule has 0 radical (unpaired) electrons. The van der Waals surface area contributed by atoms with Gasteiger partial charge in [-0.3, -0.25) is 14.9 Å². The van der Waals surface area contributed by atoms with Crippen molar-refractivity contribution in [2.24, 2.45) is 11.8 Å². The zero-order chi connectivity index (χ0) is 18.4. The van der Waals surface area contributed by atoms with E-state index in [1.165, 1.54) is 12.1 Å². The number of carboxylic acids is 1. The van der Waals surface area contributed by atoms with Gasteiger partial charge in [0.05, 0.1) is 17.4 Å². The van der Waals surface area contributed by atoms with Gasteiger partial charge in [0, 0.05) is 24.2 Å². The van der Waals surface area contributed by atoms with Crippen LogP contribution in [0.4, 0.5) is 5.69 Å². The molecule has 2 N–H and O–H groups in total. The lowest BCUT2D eigenvalue weighted by Crippen LogP contribution is -2.29. The summed E-state index contributed by atoms with van der Waals surface area (Å²) in [5.41, 5.74) is 0.634. The van der Waals surface area contributed by atoms with Crippen molar-refractivity contribution in [3.8, 4) is 11.3 Å². The SMILES string of the molecule is CC(C)CC(CNCc1ccc(-c2cccc([N+](=O)[O-])c2)o1)C(=O)O. The topological polar surface area (TPSA) is 106 Å². The summed E-state index contributed by atoms with van der Waals surface area (Å²) in [7, 11) is 0. The average molecular weight is 346 g/mol. The number of nitrogens with one attached hydrogen (secondary N) is 1. The minimum atomic E-state index is -0.807. The van der Waals surface area contributed by atoms with Gasteiger partial charge < -0.3 is 14.8 Å². The monoisotopic (exact) mass is 346 g/mol. The Hall–Kier alpha value is -2.67. The lowest BCUT2D eigenvalue weighted by Gasteiger charge is -2.14. The number of rotatable bonds is 9. The molecular weight excluding hydrogens is 324 g/mol. The van der Waals surface area contributed by atoms with Gasteiger partial charge >= 0.3 is 5.97 Å². The molecule has 2 rings (SSSR count). The Morgan fingerprint density at radius 2 is 2.08 bits per heavy atom. The largest absolute Gasteiger partial charge is 0.481 e. The number of furan rings is 1. The summed E-state index contributed by atoms with van der Waals surface area (Å²) < 4.78 is 5.70. The highest BCUT2D eigenvalue weighted by Gasteiger charge is 2.18. The molecule has 7 heteroatoms. The summed E-state index contributed by atoms with van der Waals surface area (Å²) >= 11 is 0. The van der Waals surface area contributed by atoms with Crippen LogP contribution < -0.4 is 5.32 Å². The van der Waals surface area contributed by atoms with Crippen LogP contribution in [0.3, 0.4) is 0 Å². The first kappa shape index (κ1) is 18.7. The van der Waals surface area contributed by atoms with Crippen LogP contribution in [-0.2, 0) is 11.3 Å². The van der Waals surface area contributed by atoms with E-state index in [4.69, 9.17) is 4.42 Å². The molecule has 0 amide bonds. The van der Waals surface area contributed by atoms with Crippen molar-refractivity contribution in [3.63, 3.8) is 0 Å². The Balaban J connectivity index is 1.96. The minimum Gasteiger partial charge on any atom is -0.481 e. The number of aliphatic carboxylic acids is 1. The molecule has 0 saturated heterocycles. The van der Waals surface area contributed by atoms with Crippen molar-refractivity contribution in [3.05, 3.63) is 52.3 Å². The number of benzene rings is 1. The molecule has 1 unspecified atom stereocenters. The number of hydrogen-bond acceptors (Lipinski definition) is 5. The molecule has 2 aromatic rings. The highest BCUT2D eigenvalue weighted by atomic mass is 16.6. The standard InChI is InChI=1S/C18H22N2O5/c1-12(2)8-14(18(21)22)10-19-11-16-6-7-17(25-16)13-4-3-5-15(9-13)20(23)24/h3-7,9,12,14,19H,8,10-11H2,1-2H3,(H,21,22). The molecule has 7 nitrogen and oxygen atoms in total. The highest BCUT2D eigenvalue weighted by Crippen LogP contribution is 2.25. The van der Waals surface area contributed by atoms with Gasteiger partial charge in [-0.1, -0.05) is 26.0 Å². The van der Waals surface area contributed by atoms with E-state index in [9.17, 15) is 20.0 Å². The second-order valence-electron chi connectivity index (χ2n) is 6.37. The first-order valence-electron chi connectivity index (χ1n) is 8.14. The third kappa shape index (κ3) is 5.42. The number of carbonyl (C=O) groups is 1. The van der Waals surface area contributed by atoms with Gasteiger partial charge in [-0.15, -0.1) is 0 Å². The number of nitrogens with zero attached hydrogens (tertiary/aromatic N) is 1. The van der Waals surface area contributed by atoms with Gasteiger partial charge in [0.2, 0.25) is 0 Å². The van der Waals surface area contributed by atoms with Crippen LogP contribution in [0, 0.1) is 22.0 Å². The minimum absolute atomic E-state index is 0.00607. The Morgan fingerprint density at radius 1 is 1.32 bits per heavy atom. The Labute approximate surface area is 145 Å². The Bertz CT molecular complexity index is 739. The lowest BCUT2D eigenvalue weighted by molar-refractivity contribution is -0.384. The molecule has 1 heterocycles. The van der Waals surface area contributed by atoms with Crippen LogP contribution in [0.2, 0.25) is 0 Å². The van der Waals surface area contributed by atoms with Gasteiger partial charge in [0.1, 0.15) is 11.5 Å². The molecule has 0 fully saturated rings. The fourth-order valence-electron chi connectivity index (χ4n) is 2.61. The highest BCUT2D eigenvalue weighted by molar-refractivity contribution is 5.70. The van der Waals surface area contributed by atoms with Gasteiger partial charge in [0.25, 0.3) is 5.69 Å². The quantitative estimate of drug-likeness (QED) is 0.530. The third-order valence-corrected chi connectivity index (χ3v) is 3.80. The first-order valence-corrected chi connectivity index (χ1v) is 8.14. The van der Waals surface area contributed by atoms with Gasteiger partial charge in [-0.2, -0.15) is 0 Å². The van der Waals surface area contributed by atoms with Crippen molar-refractivity contribution in [1.29, 1.82) is 0 Å². The van der Waals surface area contributed by atoms with E-state index in [-0.39, 0.29) is 5.69 Å². The molecular formula is C18H22N2O5. The summed E-state index contributed by atoms with van der Waals surface area (Å²) in [6.45, 7) is 4.75. The number of nitro benzene ring substituents is 1. The zero-order valence-corrected chi connectivity index (χ0v) is 14.3. The molecule has 0 spiro atoms. The molecule has 25 heavy (non-hydrogen) atoms. The molecule has 1 aromatic carbocycles. The molecule has 1 atom stereocenters. The second-order valence-corrected chi connectivity index (χ2v) is 6.37. The van der Waals surface area contributed by atoms with Crippen LogP contribution in [0.15, 0.2) is 40.8 Å². The van der Waals surface area contributed by atoms with Crippen molar-refractivity contribution >= 4 is 11.7 Å². The number of carboxylic acid groups (broad SMARTS) is 1. The molecule has 1 aromatic heterocycles. The normalized spacial score (nSPS) is 12.3. The van der Waals surface area contributed by atoms with Crippen LogP contribution in [0.25, 0.3) is 11.3 Å². The lowest BCUT2D eigenvalue weighted by atomic mass is 9.97. The summed E-state index contributed by atoms with van der Waals surface area (Å²) in [4.78, 5) is 21.6. The fourth-order valence-corrected chi connectivity index (χ4v) is 2.61. The number of nitro groups is 1. The van der Waals surface area contributed by atoms with E-state index in [0.717, 1.165) is 0 Å². The van der Waals surface area contributed by atoms with Crippen LogP contribution in [0.1, 0.15) is 26.0 Å². The van der Waals surface area contributed by atoms with E-state index < -0.39 is 16.8 Å². The summed E-state index contributed by atoms with van der Waals surface area (Å²) in [5, 5.41) is 23.2. The predicted molar refractivity (Wildman–Crippen MR) is 93.1 cm³/mol. The van der Waals surface area contributed by atoms with Crippen LogP contribution in [0.5, 0.6) is 0 Å². The van der Waals surface area contributed by atoms with Crippen molar-refractivity contribution in [1.82, 2.24) is 5.32 Å². The summed E-state index contributed by atoms with van der Waals surface area (Å²) in [6.07, 6.45) is 0.611. The predicted octanol–water partition coefficient (Wildman–Crippen LogP) is 3.69. The number of hydrogen-bond donors (Lipinski definition) is 2. The molecule has 0 aliphatic heterocycles. The third-order valence-electron chi connectivity index (χ3n) is 3.80. The van der Waals surface area contributed by atoms with Crippen LogP contribution in [-0.4, -0.2) is 22.5 Å². The molecule has 134 valence electrons. The zero-order valence-electron chi connectivity index (χ0n) is 14.3. The van der Waals surface area contributed by atoms with E-state index >= 15 is 0 Å². The van der Waals surface area contributed by atoms with Gasteiger partial charge in [-0.25, -0.2) is 0 Å². The van der Waals surface area contributed by atoms with Crippen molar-refractivity contribution in [2.75, 3.05) is 6.54 Å². The van der Waals surface area contributed by atoms with Crippen molar-refractivity contribution in [2.45, 2.75) is 26.8 Å². The van der Waals surface area contributed by atoms with E-state index in [1.54, 1.807) is 24.3 Å². The Morgan fingerprint density at radius 3 is 2.72 bits per heavy atom. The van der Waals surface area contributed by atoms with Crippen LogP contribution >= 0.6 is 0 Å². The van der Waals surface area contributed by atoms with E-state index in [2.05, 4.69) is 5.32 Å². The van der Waals surface area contributed by atoms with Gasteiger partial charge in [-0.05, 0) is 24.5 Å².